The number of hydrogen-bond acceptors (Lipinski definition) is 5. The van der Waals surface area contributed by atoms with Gasteiger partial charge >= 0.3 is 0 Å². The van der Waals surface area contributed by atoms with Crippen LogP contribution in [0.25, 0.3) is 0 Å². The molecular formula is C17H24N4O3S. The van der Waals surface area contributed by atoms with Crippen LogP contribution >= 0.6 is 0 Å². The number of nitrogens with two attached hydrogens (primary N) is 1. The van der Waals surface area contributed by atoms with Crippen LogP contribution in [-0.2, 0) is 14.8 Å². The van der Waals surface area contributed by atoms with E-state index in [4.69, 9.17) is 5.73 Å². The van der Waals surface area contributed by atoms with Gasteiger partial charge in [-0.05, 0) is 44.2 Å². The molecule has 8 heteroatoms. The van der Waals surface area contributed by atoms with Crippen molar-refractivity contribution < 1.29 is 13.2 Å². The minimum absolute atomic E-state index is 0.0348. The zero-order chi connectivity index (χ0) is 18.1. The summed E-state index contributed by atoms with van der Waals surface area (Å²) in [6.07, 6.45) is 3.11. The Labute approximate surface area is 148 Å². The number of aliphatic imine (C=N–C) groups is 1. The Kier molecular flexibility index (Phi) is 4.83. The van der Waals surface area contributed by atoms with E-state index in [0.29, 0.717) is 43.2 Å². The van der Waals surface area contributed by atoms with Crippen LogP contribution in [0.2, 0.25) is 0 Å². The van der Waals surface area contributed by atoms with Crippen molar-refractivity contribution in [3.8, 4) is 0 Å². The van der Waals surface area contributed by atoms with Gasteiger partial charge in [0.25, 0.3) is 10.0 Å². The predicted octanol–water partition coefficient (Wildman–Crippen LogP) is 0.749. The number of sulfonamides is 1. The third-order valence-corrected chi connectivity index (χ3v) is 6.22. The Morgan fingerprint density at radius 1 is 1.40 bits per heavy atom. The van der Waals surface area contributed by atoms with Crippen LogP contribution in [0.4, 0.5) is 0 Å². The molecular weight excluding hydrogens is 340 g/mol. The average molecular weight is 364 g/mol. The number of carbonyl (C=O) groups excluding carboxylic acids is 1. The van der Waals surface area contributed by atoms with Gasteiger partial charge < -0.3 is 11.1 Å². The van der Waals surface area contributed by atoms with E-state index in [1.807, 2.05) is 6.92 Å². The van der Waals surface area contributed by atoms with E-state index in [1.165, 1.54) is 0 Å². The fraction of sp³-hybridized carbons (Fsp3) is 0.529. The summed E-state index contributed by atoms with van der Waals surface area (Å²) in [6, 6.07) is 6.73. The van der Waals surface area contributed by atoms with Gasteiger partial charge in [-0.1, -0.05) is 12.1 Å². The molecule has 1 aromatic carbocycles. The van der Waals surface area contributed by atoms with E-state index in [1.54, 1.807) is 24.3 Å². The van der Waals surface area contributed by atoms with Gasteiger partial charge in [-0.15, -0.1) is 0 Å². The third-order valence-electron chi connectivity index (χ3n) is 4.82. The molecule has 0 bridgehead atoms. The minimum Gasteiger partial charge on any atom is -0.349 e. The second-order valence-electron chi connectivity index (χ2n) is 6.88. The van der Waals surface area contributed by atoms with Gasteiger partial charge in [0.1, 0.15) is 5.84 Å². The third kappa shape index (κ3) is 3.85. The van der Waals surface area contributed by atoms with Crippen molar-refractivity contribution in [3.63, 3.8) is 0 Å². The van der Waals surface area contributed by atoms with E-state index >= 15 is 0 Å². The molecule has 1 aromatic rings. The molecule has 1 heterocycles. The second-order valence-corrected chi connectivity index (χ2v) is 8.53. The highest BCUT2D eigenvalue weighted by atomic mass is 32.2. The maximum Gasteiger partial charge on any atom is 0.263 e. The number of benzene rings is 1. The number of nitrogens with zero attached hydrogens (tertiary/aromatic N) is 1. The highest BCUT2D eigenvalue weighted by molar-refractivity contribution is 7.90. The molecule has 1 aliphatic carbocycles. The molecule has 0 saturated heterocycles. The first-order chi connectivity index (χ1) is 11.9. The van der Waals surface area contributed by atoms with Crippen molar-refractivity contribution in [2.45, 2.75) is 43.0 Å². The molecule has 7 nitrogen and oxygen atoms in total. The number of rotatable bonds is 7. The molecule has 0 radical (unpaired) electrons. The quantitative estimate of drug-likeness (QED) is 0.619. The van der Waals surface area contributed by atoms with Crippen molar-refractivity contribution in [3.05, 3.63) is 29.8 Å². The van der Waals surface area contributed by atoms with Crippen molar-refractivity contribution in [2.24, 2.45) is 16.6 Å². The SMILES string of the molecule is CC(CN)(NC(=O)CCCN=C1NS(=O)(=O)c2ccccc21)C1CC1. The topological polar surface area (TPSA) is 114 Å². The number of fused-ring (bicyclic) bond motifs is 1. The highest BCUT2D eigenvalue weighted by Gasteiger charge is 2.41. The lowest BCUT2D eigenvalue weighted by atomic mass is 9.95. The molecule has 1 fully saturated rings. The van der Waals surface area contributed by atoms with Gasteiger partial charge in [0.05, 0.1) is 10.4 Å². The van der Waals surface area contributed by atoms with Gasteiger partial charge in [0.2, 0.25) is 5.91 Å². The van der Waals surface area contributed by atoms with Crippen molar-refractivity contribution in [1.29, 1.82) is 0 Å². The Hall–Kier alpha value is -1.93. The van der Waals surface area contributed by atoms with Crippen LogP contribution in [0.5, 0.6) is 0 Å². The molecule has 2 aliphatic rings. The molecule has 0 spiro atoms. The number of hydrogen-bond donors (Lipinski definition) is 3. The first-order valence-corrected chi connectivity index (χ1v) is 10.0. The van der Waals surface area contributed by atoms with Crippen LogP contribution in [0.3, 0.4) is 0 Å². The van der Waals surface area contributed by atoms with E-state index in [2.05, 4.69) is 15.0 Å². The molecule has 0 aromatic heterocycles. The molecule has 1 aliphatic heterocycles. The van der Waals surface area contributed by atoms with Gasteiger partial charge in [-0.2, -0.15) is 0 Å². The fourth-order valence-corrected chi connectivity index (χ4v) is 4.35. The van der Waals surface area contributed by atoms with E-state index in [9.17, 15) is 13.2 Å². The maximum atomic E-state index is 12.1. The zero-order valence-corrected chi connectivity index (χ0v) is 15.1. The molecule has 1 unspecified atom stereocenters. The van der Waals surface area contributed by atoms with Crippen LogP contribution in [0, 0.1) is 5.92 Å². The van der Waals surface area contributed by atoms with E-state index in [0.717, 1.165) is 12.8 Å². The lowest BCUT2D eigenvalue weighted by Crippen LogP contribution is -2.53. The van der Waals surface area contributed by atoms with Crippen LogP contribution in [0.1, 0.15) is 38.2 Å². The first kappa shape index (κ1) is 17.9. The van der Waals surface area contributed by atoms with E-state index < -0.39 is 10.0 Å². The predicted molar refractivity (Wildman–Crippen MR) is 95.7 cm³/mol. The summed E-state index contributed by atoms with van der Waals surface area (Å²) in [4.78, 5) is 16.7. The Bertz CT molecular complexity index is 802. The smallest absolute Gasteiger partial charge is 0.263 e. The molecule has 136 valence electrons. The molecule has 25 heavy (non-hydrogen) atoms. The highest BCUT2D eigenvalue weighted by Crippen LogP contribution is 2.39. The maximum absolute atomic E-state index is 12.1. The average Bonchev–Trinajstić information content (AvgIpc) is 3.39. The van der Waals surface area contributed by atoms with Crippen molar-refractivity contribution in [1.82, 2.24) is 10.0 Å². The van der Waals surface area contributed by atoms with Crippen LogP contribution < -0.4 is 15.8 Å². The Morgan fingerprint density at radius 2 is 2.12 bits per heavy atom. The normalized spacial score (nSPS) is 22.1. The summed E-state index contributed by atoms with van der Waals surface area (Å²) < 4.78 is 26.5. The zero-order valence-electron chi connectivity index (χ0n) is 14.3. The standard InChI is InChI=1S/C17H24N4O3S/c1-17(11-18,12-8-9-12)20-15(22)7-4-10-19-16-13-5-2-3-6-14(13)25(23,24)21-16/h2-3,5-6,12H,4,7-11,18H2,1H3,(H,19,21)(H,20,22). The molecule has 1 amide bonds. The van der Waals surface area contributed by atoms with Crippen molar-refractivity contribution >= 4 is 21.8 Å². The lowest BCUT2D eigenvalue weighted by molar-refractivity contribution is -0.123. The van der Waals surface area contributed by atoms with Crippen molar-refractivity contribution in [2.75, 3.05) is 13.1 Å². The number of carbonyl (C=O) groups is 1. The molecule has 3 rings (SSSR count). The summed E-state index contributed by atoms with van der Waals surface area (Å²) in [6.45, 7) is 2.81. The molecule has 1 saturated carbocycles. The van der Waals surface area contributed by atoms with Crippen LogP contribution in [0.15, 0.2) is 34.2 Å². The van der Waals surface area contributed by atoms with E-state index in [-0.39, 0.29) is 16.3 Å². The Morgan fingerprint density at radius 3 is 2.80 bits per heavy atom. The minimum atomic E-state index is -3.51. The summed E-state index contributed by atoms with van der Waals surface area (Å²) in [7, 11) is -3.51. The van der Waals surface area contributed by atoms with Gasteiger partial charge in [-0.3, -0.25) is 14.5 Å². The summed E-state index contributed by atoms with van der Waals surface area (Å²) in [5.74, 6) is 0.791. The summed E-state index contributed by atoms with van der Waals surface area (Å²) in [5.41, 5.74) is 6.07. The van der Waals surface area contributed by atoms with Crippen LogP contribution in [-0.4, -0.2) is 38.8 Å². The van der Waals surface area contributed by atoms with Gasteiger partial charge in [0.15, 0.2) is 0 Å². The first-order valence-electron chi connectivity index (χ1n) is 8.53. The monoisotopic (exact) mass is 364 g/mol. The molecule has 4 N–H and O–H groups in total. The summed E-state index contributed by atoms with van der Waals surface area (Å²) >= 11 is 0. The second kappa shape index (κ2) is 6.76. The summed E-state index contributed by atoms with van der Waals surface area (Å²) in [5, 5.41) is 3.04. The van der Waals surface area contributed by atoms with Gasteiger partial charge in [0, 0.05) is 25.1 Å². The molecule has 1 atom stereocenters. The number of amidine groups is 1. The number of amides is 1. The lowest BCUT2D eigenvalue weighted by Gasteiger charge is -2.29. The largest absolute Gasteiger partial charge is 0.349 e. The van der Waals surface area contributed by atoms with Gasteiger partial charge in [-0.25, -0.2) is 8.42 Å². The number of nitrogens with one attached hydrogen (secondary N) is 2. The Balaban J connectivity index is 1.53. The fourth-order valence-electron chi connectivity index (χ4n) is 3.10.